The topological polar surface area (TPSA) is 50.8 Å². The van der Waals surface area contributed by atoms with E-state index in [1.807, 2.05) is 32.9 Å². The largest absolute Gasteiger partial charge is 0.497 e. The highest BCUT2D eigenvalue weighted by molar-refractivity contribution is 5.70. The van der Waals surface area contributed by atoms with Gasteiger partial charge in [-0.25, -0.2) is 4.79 Å². The maximum atomic E-state index is 12.3. The van der Waals surface area contributed by atoms with Gasteiger partial charge in [-0.05, 0) is 69.1 Å². The number of likely N-dealkylation sites (tertiary alicyclic amines) is 1. The SMILES string of the molecule is COc1ccc(CN2C[C@H]3CC4C[C@]4(NC(=O)OC(C)(C)C)[C@H]3C2)cc1. The van der Waals surface area contributed by atoms with Crippen molar-refractivity contribution >= 4 is 6.09 Å². The van der Waals surface area contributed by atoms with Crippen LogP contribution >= 0.6 is 0 Å². The van der Waals surface area contributed by atoms with Crippen molar-refractivity contribution < 1.29 is 14.3 Å². The van der Waals surface area contributed by atoms with E-state index < -0.39 is 5.60 Å². The summed E-state index contributed by atoms with van der Waals surface area (Å²) < 4.78 is 10.7. The second-order valence-corrected chi connectivity index (χ2v) is 9.21. The van der Waals surface area contributed by atoms with Crippen molar-refractivity contribution in [3.8, 4) is 5.75 Å². The Labute approximate surface area is 156 Å². The Morgan fingerprint density at radius 1 is 1.27 bits per heavy atom. The number of hydrogen-bond donors (Lipinski definition) is 1. The van der Waals surface area contributed by atoms with Gasteiger partial charge in [-0.2, -0.15) is 0 Å². The zero-order valence-electron chi connectivity index (χ0n) is 16.2. The smallest absolute Gasteiger partial charge is 0.408 e. The Bertz CT molecular complexity index is 681. The number of benzene rings is 1. The average Bonchev–Trinajstić information content (AvgIpc) is 2.93. The zero-order chi connectivity index (χ0) is 18.5. The molecule has 2 saturated carbocycles. The summed E-state index contributed by atoms with van der Waals surface area (Å²) in [5, 5.41) is 3.25. The number of carbonyl (C=O) groups excluding carboxylic acids is 1. The molecule has 1 amide bonds. The Morgan fingerprint density at radius 3 is 2.65 bits per heavy atom. The first kappa shape index (κ1) is 17.7. The standard InChI is InChI=1S/C21H30N2O3/c1-20(2,3)26-19(24)22-21-10-16(21)9-15-12-23(13-18(15)21)11-14-5-7-17(25-4)8-6-14/h5-8,15-16,18H,9-13H2,1-4H3,(H,22,24)/t15-,16?,18+,21-/m1/s1. The van der Waals surface area contributed by atoms with Gasteiger partial charge in [0.1, 0.15) is 11.4 Å². The van der Waals surface area contributed by atoms with Gasteiger partial charge < -0.3 is 14.8 Å². The Balaban J connectivity index is 1.37. The fraction of sp³-hybridized carbons (Fsp3) is 0.667. The molecule has 0 bridgehead atoms. The molecule has 3 aliphatic rings. The third-order valence-corrected chi connectivity index (χ3v) is 6.22. The fourth-order valence-electron chi connectivity index (χ4n) is 5.10. The van der Waals surface area contributed by atoms with Gasteiger partial charge in [-0.3, -0.25) is 4.90 Å². The van der Waals surface area contributed by atoms with Gasteiger partial charge in [0.25, 0.3) is 0 Å². The predicted octanol–water partition coefficient (Wildman–Crippen LogP) is 3.43. The summed E-state index contributed by atoms with van der Waals surface area (Å²) in [7, 11) is 1.69. The number of nitrogens with one attached hydrogen (secondary N) is 1. The molecule has 1 N–H and O–H groups in total. The summed E-state index contributed by atoms with van der Waals surface area (Å²) in [6.07, 6.45) is 2.10. The van der Waals surface area contributed by atoms with E-state index in [-0.39, 0.29) is 11.6 Å². The van der Waals surface area contributed by atoms with Gasteiger partial charge in [0.05, 0.1) is 12.6 Å². The summed E-state index contributed by atoms with van der Waals surface area (Å²) in [6.45, 7) is 8.90. The van der Waals surface area contributed by atoms with Crippen LogP contribution in [0.2, 0.25) is 0 Å². The lowest BCUT2D eigenvalue weighted by Gasteiger charge is -2.27. The molecule has 1 saturated heterocycles. The van der Waals surface area contributed by atoms with Gasteiger partial charge in [0.15, 0.2) is 0 Å². The molecule has 4 atom stereocenters. The molecule has 142 valence electrons. The second-order valence-electron chi connectivity index (χ2n) is 9.21. The lowest BCUT2D eigenvalue weighted by Crippen LogP contribution is -2.46. The van der Waals surface area contributed by atoms with E-state index in [1.54, 1.807) is 7.11 Å². The first-order valence-corrected chi connectivity index (χ1v) is 9.65. The summed E-state index contributed by atoms with van der Waals surface area (Å²) in [6, 6.07) is 8.33. The highest BCUT2D eigenvalue weighted by atomic mass is 16.6. The van der Waals surface area contributed by atoms with E-state index >= 15 is 0 Å². The minimum Gasteiger partial charge on any atom is -0.497 e. The van der Waals surface area contributed by atoms with Crippen LogP contribution in [0.1, 0.15) is 39.2 Å². The molecule has 1 aromatic rings. The second kappa shape index (κ2) is 6.15. The molecule has 1 aliphatic heterocycles. The fourth-order valence-corrected chi connectivity index (χ4v) is 5.10. The molecule has 1 aromatic carbocycles. The number of methoxy groups -OCH3 is 1. The zero-order valence-corrected chi connectivity index (χ0v) is 16.2. The number of nitrogens with zero attached hydrogens (tertiary/aromatic N) is 1. The molecule has 2 aliphatic carbocycles. The van der Waals surface area contributed by atoms with Crippen LogP contribution in [0.5, 0.6) is 5.75 Å². The van der Waals surface area contributed by atoms with E-state index in [9.17, 15) is 4.79 Å². The summed E-state index contributed by atoms with van der Waals surface area (Å²) in [5.74, 6) is 2.79. The summed E-state index contributed by atoms with van der Waals surface area (Å²) in [4.78, 5) is 14.8. The van der Waals surface area contributed by atoms with Crippen LogP contribution in [0.3, 0.4) is 0 Å². The quantitative estimate of drug-likeness (QED) is 0.896. The van der Waals surface area contributed by atoms with E-state index in [4.69, 9.17) is 9.47 Å². The van der Waals surface area contributed by atoms with Gasteiger partial charge in [-0.15, -0.1) is 0 Å². The average molecular weight is 358 g/mol. The molecular weight excluding hydrogens is 328 g/mol. The number of alkyl carbamates (subject to hydrolysis) is 1. The van der Waals surface area contributed by atoms with Crippen LogP contribution in [0.4, 0.5) is 4.79 Å². The van der Waals surface area contributed by atoms with Gasteiger partial charge in [0.2, 0.25) is 0 Å². The highest BCUT2D eigenvalue weighted by Crippen LogP contribution is 2.63. The number of hydrogen-bond acceptors (Lipinski definition) is 4. The van der Waals surface area contributed by atoms with Crippen LogP contribution in [0, 0.1) is 17.8 Å². The van der Waals surface area contributed by atoms with Crippen molar-refractivity contribution in [3.05, 3.63) is 29.8 Å². The van der Waals surface area contributed by atoms with E-state index in [0.29, 0.717) is 17.8 Å². The molecule has 0 aromatic heterocycles. The van der Waals surface area contributed by atoms with Crippen LogP contribution in [-0.4, -0.2) is 42.3 Å². The van der Waals surface area contributed by atoms with Crippen molar-refractivity contribution in [3.63, 3.8) is 0 Å². The monoisotopic (exact) mass is 358 g/mol. The summed E-state index contributed by atoms with van der Waals surface area (Å²) in [5.41, 5.74) is 0.855. The minimum absolute atomic E-state index is 0.0122. The number of fused-ring (bicyclic) bond motifs is 3. The lowest BCUT2D eigenvalue weighted by atomic mass is 9.91. The molecular formula is C21H30N2O3. The van der Waals surface area contributed by atoms with E-state index in [0.717, 1.165) is 31.8 Å². The van der Waals surface area contributed by atoms with Crippen LogP contribution in [-0.2, 0) is 11.3 Å². The highest BCUT2D eigenvalue weighted by Gasteiger charge is 2.68. The normalized spacial score (nSPS) is 32.7. The molecule has 26 heavy (non-hydrogen) atoms. The van der Waals surface area contributed by atoms with Crippen LogP contribution in [0.15, 0.2) is 24.3 Å². The van der Waals surface area contributed by atoms with Gasteiger partial charge in [0, 0.05) is 19.6 Å². The first-order chi connectivity index (χ1) is 12.3. The van der Waals surface area contributed by atoms with Crippen molar-refractivity contribution in [2.75, 3.05) is 20.2 Å². The van der Waals surface area contributed by atoms with Crippen LogP contribution < -0.4 is 10.1 Å². The third kappa shape index (κ3) is 3.29. The predicted molar refractivity (Wildman–Crippen MR) is 100 cm³/mol. The van der Waals surface area contributed by atoms with Gasteiger partial charge in [-0.1, -0.05) is 12.1 Å². The van der Waals surface area contributed by atoms with Crippen molar-refractivity contribution in [1.29, 1.82) is 0 Å². The Kier molecular flexibility index (Phi) is 4.18. The van der Waals surface area contributed by atoms with E-state index in [1.165, 1.54) is 12.0 Å². The maximum absolute atomic E-state index is 12.3. The Hall–Kier alpha value is -1.75. The Morgan fingerprint density at radius 2 is 2.00 bits per heavy atom. The summed E-state index contributed by atoms with van der Waals surface area (Å²) >= 11 is 0. The number of rotatable bonds is 4. The number of carbonyl (C=O) groups is 1. The third-order valence-electron chi connectivity index (χ3n) is 6.22. The molecule has 5 heteroatoms. The number of ether oxygens (including phenoxy) is 2. The molecule has 3 fully saturated rings. The van der Waals surface area contributed by atoms with Crippen molar-refractivity contribution in [1.82, 2.24) is 10.2 Å². The molecule has 5 nitrogen and oxygen atoms in total. The molecule has 0 spiro atoms. The van der Waals surface area contributed by atoms with Crippen molar-refractivity contribution in [2.24, 2.45) is 17.8 Å². The molecule has 1 unspecified atom stereocenters. The van der Waals surface area contributed by atoms with E-state index in [2.05, 4.69) is 22.3 Å². The van der Waals surface area contributed by atoms with Crippen molar-refractivity contribution in [2.45, 2.75) is 51.3 Å². The maximum Gasteiger partial charge on any atom is 0.408 e. The molecule has 1 heterocycles. The first-order valence-electron chi connectivity index (χ1n) is 9.65. The molecule has 4 rings (SSSR count). The van der Waals surface area contributed by atoms with Crippen LogP contribution in [0.25, 0.3) is 0 Å². The minimum atomic E-state index is -0.445. The van der Waals surface area contributed by atoms with Gasteiger partial charge >= 0.3 is 6.09 Å². The lowest BCUT2D eigenvalue weighted by molar-refractivity contribution is 0.0473. The molecule has 0 radical (unpaired) electrons. The number of amides is 1.